The first-order valence-electron chi connectivity index (χ1n) is 24.5. The summed E-state index contributed by atoms with van der Waals surface area (Å²) in [5, 5.41) is 7.45. The van der Waals surface area contributed by atoms with Gasteiger partial charge < -0.3 is 30.7 Å². The molecule has 0 unspecified atom stereocenters. The molecule has 0 aliphatic carbocycles. The molecule has 0 spiro atoms. The first-order valence-corrected chi connectivity index (χ1v) is 33.4. The van der Waals surface area contributed by atoms with E-state index in [1.165, 1.54) is 37.1 Å². The van der Waals surface area contributed by atoms with Crippen molar-refractivity contribution >= 4 is 89.4 Å². The standard InChI is InChI=1S/C24H28F3N4O5PS.C9H13NO2S.C8H11NO2S.C5HCl2F3N2.C5H3F3N2.CH3Cl/c1-4-35-37(32,36-5-2)16-17-9-11-19(12-10-17)30-23-29-15-21(24(25,26)27)22(31-23)28-14-18-7-6-8-20(13-18)38(3,33)34;1-10-7-8-4-3-5-9(6-8)13(2,11)12;1-12(10,11)8-4-2-3-7(5-8)6-9;6-3-2(5(8,9)10)1-11-4(7)12-3;6-5(7,8)4-1-9-3-10-2-4;1-2/h6-13,15H,4-5,14,16H2,1-3H3,(H2,28,29,30,31);3-6,10H,7H2,1-2H3;2-5H,6,9H2,1H3;1H;1-3H;1H3. The first kappa shape index (κ1) is 77.0. The van der Waals surface area contributed by atoms with Crippen LogP contribution in [0.25, 0.3) is 0 Å². The molecule has 0 aliphatic rings. The molecule has 0 bridgehead atoms. The summed E-state index contributed by atoms with van der Waals surface area (Å²) in [6, 6.07) is 26.1. The summed E-state index contributed by atoms with van der Waals surface area (Å²) in [5.74, 6) is -0.557. The van der Waals surface area contributed by atoms with Gasteiger partial charge in [0.15, 0.2) is 29.5 Å². The van der Waals surface area contributed by atoms with Gasteiger partial charge in [0.2, 0.25) is 11.2 Å². The van der Waals surface area contributed by atoms with Crippen LogP contribution in [-0.4, -0.2) is 101 Å². The van der Waals surface area contributed by atoms with E-state index in [0.29, 0.717) is 52.1 Å². The molecule has 5 N–H and O–H groups in total. The smallest absolute Gasteiger partial charge is 0.365 e. The van der Waals surface area contributed by atoms with Crippen LogP contribution in [0.3, 0.4) is 0 Å². The van der Waals surface area contributed by atoms with Crippen LogP contribution in [0, 0.1) is 0 Å². The third-order valence-corrected chi connectivity index (χ3v) is 16.2. The fourth-order valence-electron chi connectivity index (χ4n) is 6.39. The van der Waals surface area contributed by atoms with Crippen molar-refractivity contribution in [3.05, 3.63) is 178 Å². The topological polar surface area (TPSA) is 277 Å². The minimum absolute atomic E-state index is 0.0557. The fourth-order valence-corrected chi connectivity index (χ4v) is 10.6. The van der Waals surface area contributed by atoms with Crippen LogP contribution in [0.5, 0.6) is 0 Å². The van der Waals surface area contributed by atoms with E-state index in [4.69, 9.17) is 38.0 Å². The second-order valence-electron chi connectivity index (χ2n) is 17.2. The Kier molecular flexibility index (Phi) is 31.1. The van der Waals surface area contributed by atoms with Gasteiger partial charge in [-0.05, 0) is 103 Å². The van der Waals surface area contributed by atoms with E-state index >= 15 is 0 Å². The van der Waals surface area contributed by atoms with E-state index in [2.05, 4.69) is 57.5 Å². The molecule has 19 nitrogen and oxygen atoms in total. The van der Waals surface area contributed by atoms with E-state index in [0.717, 1.165) is 36.1 Å². The molecule has 0 saturated heterocycles. The highest BCUT2D eigenvalue weighted by atomic mass is 35.5. The lowest BCUT2D eigenvalue weighted by Gasteiger charge is -2.17. The minimum atomic E-state index is -4.72. The van der Waals surface area contributed by atoms with Gasteiger partial charge in [0.05, 0.1) is 39.6 Å². The number of anilines is 3. The van der Waals surface area contributed by atoms with E-state index in [9.17, 15) is 69.3 Å². The zero-order valence-corrected chi connectivity index (χ0v) is 52.6. The molecule has 0 fully saturated rings. The van der Waals surface area contributed by atoms with Crippen molar-refractivity contribution in [3.8, 4) is 0 Å². The van der Waals surface area contributed by atoms with Crippen molar-refractivity contribution in [3.63, 3.8) is 0 Å². The van der Waals surface area contributed by atoms with Crippen molar-refractivity contribution in [2.24, 2.45) is 5.73 Å². The van der Waals surface area contributed by atoms with Crippen molar-refractivity contribution < 1.29 is 78.4 Å². The quantitative estimate of drug-likeness (QED) is 0.0217. The number of nitrogens with zero attached hydrogens (tertiary/aromatic N) is 6. The van der Waals surface area contributed by atoms with E-state index in [1.807, 2.05) is 13.1 Å². The summed E-state index contributed by atoms with van der Waals surface area (Å²) < 4.78 is 203. The molecule has 7 rings (SSSR count). The van der Waals surface area contributed by atoms with Crippen LogP contribution in [-0.2, 0) is 87.4 Å². The van der Waals surface area contributed by atoms with Crippen LogP contribution < -0.4 is 21.7 Å². The highest BCUT2D eigenvalue weighted by Gasteiger charge is 2.36. The van der Waals surface area contributed by atoms with Crippen molar-refractivity contribution in [2.45, 2.75) is 72.9 Å². The Morgan fingerprint density at radius 1 is 0.586 bits per heavy atom. The summed E-state index contributed by atoms with van der Waals surface area (Å²) in [4.78, 5) is 21.3. The zero-order chi connectivity index (χ0) is 66.0. The summed E-state index contributed by atoms with van der Waals surface area (Å²) in [7, 11) is -11.1. The molecule has 0 radical (unpaired) electrons. The predicted octanol–water partition coefficient (Wildman–Crippen LogP) is 12.5. The van der Waals surface area contributed by atoms with Crippen molar-refractivity contribution in [1.82, 2.24) is 35.2 Å². The molecule has 0 amide bonds. The van der Waals surface area contributed by atoms with Crippen LogP contribution in [0.1, 0.15) is 52.8 Å². The summed E-state index contributed by atoms with van der Waals surface area (Å²) >= 11 is 15.0. The third-order valence-electron chi connectivity index (χ3n) is 10.3. The summed E-state index contributed by atoms with van der Waals surface area (Å²) in [5.41, 5.74) is 5.83. The molecule has 35 heteroatoms. The normalized spacial score (nSPS) is 11.7. The number of nitrogens with one attached hydrogen (secondary N) is 3. The van der Waals surface area contributed by atoms with Gasteiger partial charge in [-0.15, -0.1) is 11.6 Å². The fraction of sp³-hybridized carbons (Fsp3) is 0.308. The lowest BCUT2D eigenvalue weighted by atomic mass is 10.2. The molecule has 7 aromatic rings. The Balaban J connectivity index is 0.000000426. The maximum Gasteiger partial charge on any atom is 0.421 e. The average Bonchev–Trinajstić information content (AvgIpc) is 2.56. The number of hydrogen-bond acceptors (Lipinski definition) is 19. The Morgan fingerprint density at radius 3 is 1.44 bits per heavy atom. The Bertz CT molecular complexity index is 3680. The molecule has 87 heavy (non-hydrogen) atoms. The van der Waals surface area contributed by atoms with Crippen LogP contribution in [0.2, 0.25) is 10.4 Å². The Hall–Kier alpha value is -6.12. The van der Waals surface area contributed by atoms with Crippen LogP contribution >= 0.6 is 42.4 Å². The van der Waals surface area contributed by atoms with Crippen LogP contribution in [0.15, 0.2) is 143 Å². The number of hydrogen-bond donors (Lipinski definition) is 4. The largest absolute Gasteiger partial charge is 0.421 e. The van der Waals surface area contributed by atoms with Crippen LogP contribution in [0.4, 0.5) is 57.0 Å². The number of alkyl halides is 10. The molecule has 0 atom stereocenters. The highest BCUT2D eigenvalue weighted by Crippen LogP contribution is 2.51. The summed E-state index contributed by atoms with van der Waals surface area (Å²) in [6.07, 6.45) is -4.89. The third kappa shape index (κ3) is 28.3. The second kappa shape index (κ2) is 35.2. The lowest BCUT2D eigenvalue weighted by Crippen LogP contribution is -2.14. The molecule has 3 aromatic heterocycles. The lowest BCUT2D eigenvalue weighted by molar-refractivity contribution is -0.138. The molecule has 4 aromatic carbocycles. The number of nitrogens with two attached hydrogens (primary N) is 1. The van der Waals surface area contributed by atoms with Gasteiger partial charge in [-0.2, -0.15) is 44.5 Å². The Morgan fingerprint density at radius 2 is 1.03 bits per heavy atom. The van der Waals surface area contributed by atoms with E-state index in [1.54, 1.807) is 86.6 Å². The van der Waals surface area contributed by atoms with Gasteiger partial charge >= 0.3 is 26.1 Å². The van der Waals surface area contributed by atoms with E-state index < -0.39 is 83.3 Å². The molecule has 0 aliphatic heterocycles. The number of sulfone groups is 3. The maximum atomic E-state index is 13.6. The number of benzene rings is 4. The molecular weight excluding hydrogens is 1310 g/mol. The van der Waals surface area contributed by atoms with Gasteiger partial charge in [-0.25, -0.2) is 50.2 Å². The SMILES string of the molecule is CCOP(=O)(Cc1ccc(Nc2ncc(C(F)(F)F)c(NCc3cccc(S(C)(=O)=O)c3)n2)cc1)OCC.CCl.CNCc1cccc(S(C)(=O)=O)c1.CS(=O)(=O)c1cccc(CN)c1.FC(F)(F)c1cnc(Cl)nc1Cl.FC(F)(F)c1cncnc1. The molecule has 0 saturated carbocycles. The number of halogens is 12. The maximum absolute atomic E-state index is 13.6. The zero-order valence-electron chi connectivity index (χ0n) is 47.0. The van der Waals surface area contributed by atoms with Crippen molar-refractivity contribution in [2.75, 3.05) is 56.0 Å². The van der Waals surface area contributed by atoms with Gasteiger partial charge in [-0.3, -0.25) is 4.57 Å². The molecule has 478 valence electrons. The second-order valence-corrected chi connectivity index (χ2v) is 26.0. The number of aromatic nitrogens is 6. The monoisotopic (exact) mass is 1370 g/mol. The summed E-state index contributed by atoms with van der Waals surface area (Å²) in [6.45, 7) is 4.87. The minimum Gasteiger partial charge on any atom is -0.365 e. The first-order chi connectivity index (χ1) is 40.4. The molecule has 3 heterocycles. The van der Waals surface area contributed by atoms with Crippen molar-refractivity contribution in [1.29, 1.82) is 0 Å². The van der Waals surface area contributed by atoms with Gasteiger partial charge in [0.1, 0.15) is 28.4 Å². The predicted molar refractivity (Wildman–Crippen MR) is 314 cm³/mol. The van der Waals surface area contributed by atoms with Gasteiger partial charge in [-0.1, -0.05) is 60.1 Å². The average molecular weight is 1370 g/mol. The highest BCUT2D eigenvalue weighted by molar-refractivity contribution is 7.91. The van der Waals surface area contributed by atoms with E-state index in [-0.39, 0.29) is 42.0 Å². The van der Waals surface area contributed by atoms with Gasteiger partial charge in [0, 0.05) is 75.3 Å². The Labute approximate surface area is 512 Å². The molecular formula is C52H59Cl3F9N10O9PS3. The van der Waals surface area contributed by atoms with Gasteiger partial charge in [0.25, 0.3) is 0 Å². The number of rotatable bonds is 17.